The van der Waals surface area contributed by atoms with E-state index in [0.717, 1.165) is 16.5 Å². The van der Waals surface area contributed by atoms with E-state index in [0.29, 0.717) is 12.1 Å². The lowest BCUT2D eigenvalue weighted by molar-refractivity contribution is 0.629. The van der Waals surface area contributed by atoms with E-state index in [9.17, 15) is 4.79 Å². The van der Waals surface area contributed by atoms with Crippen molar-refractivity contribution >= 4 is 16.4 Å². The molecule has 0 unspecified atom stereocenters. The van der Waals surface area contributed by atoms with Crippen LogP contribution < -0.4 is 5.56 Å². The molecule has 0 aliphatic rings. The van der Waals surface area contributed by atoms with Crippen LogP contribution >= 0.6 is 0 Å². The standard InChI is InChI=1S/C19H17N3O/c1-13-4-3-5-15(8-13)11-22-19(23)18-10-16-9-14(2)6-7-17(16)21(18)12-20-22/h3-10,12H,11H2,1-2H3. The van der Waals surface area contributed by atoms with Gasteiger partial charge in [-0.1, -0.05) is 41.5 Å². The first kappa shape index (κ1) is 13.8. The first-order chi connectivity index (χ1) is 11.1. The lowest BCUT2D eigenvalue weighted by Crippen LogP contribution is -2.24. The minimum Gasteiger partial charge on any atom is -0.294 e. The van der Waals surface area contributed by atoms with Crippen molar-refractivity contribution in [3.8, 4) is 0 Å². The predicted molar refractivity (Wildman–Crippen MR) is 92.0 cm³/mol. The summed E-state index contributed by atoms with van der Waals surface area (Å²) in [6.45, 7) is 4.58. The largest absolute Gasteiger partial charge is 0.294 e. The number of fused-ring (bicyclic) bond motifs is 3. The van der Waals surface area contributed by atoms with Gasteiger partial charge in [0.05, 0.1) is 12.1 Å². The summed E-state index contributed by atoms with van der Waals surface area (Å²) < 4.78 is 3.39. The van der Waals surface area contributed by atoms with Gasteiger partial charge in [-0.2, -0.15) is 5.10 Å². The lowest BCUT2D eigenvalue weighted by atomic mass is 10.1. The van der Waals surface area contributed by atoms with Gasteiger partial charge in [0.15, 0.2) is 0 Å². The minimum atomic E-state index is -0.0668. The second-order valence-electron chi connectivity index (χ2n) is 6.04. The molecule has 2 heterocycles. The highest BCUT2D eigenvalue weighted by Crippen LogP contribution is 2.19. The molecule has 0 aliphatic heterocycles. The molecule has 0 bridgehead atoms. The zero-order valence-corrected chi connectivity index (χ0v) is 13.2. The van der Waals surface area contributed by atoms with Crippen LogP contribution in [0.15, 0.2) is 59.7 Å². The first-order valence-electron chi connectivity index (χ1n) is 7.65. The summed E-state index contributed by atoms with van der Waals surface area (Å²) in [5, 5.41) is 5.41. The maximum absolute atomic E-state index is 12.8. The molecule has 4 rings (SSSR count). The SMILES string of the molecule is Cc1cccc(Cn2ncn3c(cc4cc(C)ccc43)c2=O)c1. The van der Waals surface area contributed by atoms with E-state index in [4.69, 9.17) is 0 Å². The number of aryl methyl sites for hydroxylation is 2. The van der Waals surface area contributed by atoms with Gasteiger partial charge < -0.3 is 0 Å². The number of benzene rings is 2. The Morgan fingerprint density at radius 1 is 0.957 bits per heavy atom. The maximum Gasteiger partial charge on any atom is 0.291 e. The molecule has 0 saturated heterocycles. The van der Waals surface area contributed by atoms with Crippen LogP contribution in [-0.2, 0) is 6.54 Å². The first-order valence-corrected chi connectivity index (χ1v) is 7.65. The van der Waals surface area contributed by atoms with E-state index in [1.165, 1.54) is 15.8 Å². The third kappa shape index (κ3) is 2.32. The van der Waals surface area contributed by atoms with E-state index < -0.39 is 0 Å². The third-order valence-corrected chi connectivity index (χ3v) is 4.17. The van der Waals surface area contributed by atoms with Crippen LogP contribution in [0.5, 0.6) is 0 Å². The van der Waals surface area contributed by atoms with Crippen LogP contribution in [0.25, 0.3) is 16.4 Å². The van der Waals surface area contributed by atoms with Crippen molar-refractivity contribution in [3.05, 3.63) is 81.9 Å². The van der Waals surface area contributed by atoms with Crippen molar-refractivity contribution in [1.29, 1.82) is 0 Å². The van der Waals surface area contributed by atoms with Gasteiger partial charge in [-0.05, 0) is 37.6 Å². The number of hydrogen-bond acceptors (Lipinski definition) is 2. The smallest absolute Gasteiger partial charge is 0.291 e. The molecule has 23 heavy (non-hydrogen) atoms. The summed E-state index contributed by atoms with van der Waals surface area (Å²) in [6, 6.07) is 16.3. The Balaban J connectivity index is 1.87. The van der Waals surface area contributed by atoms with Crippen LogP contribution in [0.4, 0.5) is 0 Å². The molecule has 0 atom stereocenters. The van der Waals surface area contributed by atoms with Crippen LogP contribution in [0.1, 0.15) is 16.7 Å². The van der Waals surface area contributed by atoms with E-state index >= 15 is 0 Å². The molecule has 0 aliphatic carbocycles. The van der Waals surface area contributed by atoms with Crippen molar-refractivity contribution in [1.82, 2.24) is 14.2 Å². The van der Waals surface area contributed by atoms with Crippen molar-refractivity contribution < 1.29 is 0 Å². The Bertz CT molecular complexity index is 1090. The molecule has 0 radical (unpaired) electrons. The summed E-state index contributed by atoms with van der Waals surface area (Å²) in [7, 11) is 0. The average molecular weight is 303 g/mol. The van der Waals surface area contributed by atoms with Gasteiger partial charge in [0.25, 0.3) is 5.56 Å². The predicted octanol–water partition coefficient (Wildman–Crippen LogP) is 3.31. The Kier molecular flexibility index (Phi) is 3.05. The van der Waals surface area contributed by atoms with Gasteiger partial charge in [-0.3, -0.25) is 9.20 Å². The van der Waals surface area contributed by atoms with Crippen molar-refractivity contribution in [2.24, 2.45) is 0 Å². The summed E-state index contributed by atoms with van der Waals surface area (Å²) in [4.78, 5) is 12.8. The highest BCUT2D eigenvalue weighted by Gasteiger charge is 2.09. The summed E-state index contributed by atoms with van der Waals surface area (Å²) in [5.41, 5.74) is 5.05. The Hall–Kier alpha value is -2.88. The molecule has 2 aromatic heterocycles. The maximum atomic E-state index is 12.8. The number of rotatable bonds is 2. The molecule has 4 heteroatoms. The van der Waals surface area contributed by atoms with Gasteiger partial charge in [0.2, 0.25) is 0 Å². The fourth-order valence-corrected chi connectivity index (χ4v) is 3.04. The number of nitrogens with zero attached hydrogens (tertiary/aromatic N) is 3. The summed E-state index contributed by atoms with van der Waals surface area (Å²) in [6.07, 6.45) is 1.73. The Morgan fingerprint density at radius 3 is 2.61 bits per heavy atom. The molecule has 0 amide bonds. The number of aromatic nitrogens is 3. The van der Waals surface area contributed by atoms with Crippen molar-refractivity contribution in [2.45, 2.75) is 20.4 Å². The molecule has 4 aromatic rings. The second-order valence-corrected chi connectivity index (χ2v) is 6.04. The molecule has 0 fully saturated rings. The third-order valence-electron chi connectivity index (χ3n) is 4.17. The molecule has 0 N–H and O–H groups in total. The van der Waals surface area contributed by atoms with Crippen LogP contribution in [0.3, 0.4) is 0 Å². The lowest BCUT2D eigenvalue weighted by Gasteiger charge is -2.06. The van der Waals surface area contributed by atoms with Gasteiger partial charge in [0, 0.05) is 5.39 Å². The zero-order chi connectivity index (χ0) is 16.0. The normalized spacial score (nSPS) is 11.4. The van der Waals surface area contributed by atoms with Crippen LogP contribution in [0.2, 0.25) is 0 Å². The molecular formula is C19H17N3O. The van der Waals surface area contributed by atoms with Crippen molar-refractivity contribution in [3.63, 3.8) is 0 Å². The fraction of sp³-hybridized carbons (Fsp3) is 0.158. The van der Waals surface area contributed by atoms with Crippen molar-refractivity contribution in [2.75, 3.05) is 0 Å². The summed E-state index contributed by atoms with van der Waals surface area (Å²) >= 11 is 0. The van der Waals surface area contributed by atoms with Crippen LogP contribution in [-0.4, -0.2) is 14.2 Å². The quantitative estimate of drug-likeness (QED) is 0.570. The van der Waals surface area contributed by atoms with Gasteiger partial charge in [-0.25, -0.2) is 4.68 Å². The van der Waals surface area contributed by atoms with E-state index in [1.54, 1.807) is 6.33 Å². The molecule has 0 saturated carbocycles. The monoisotopic (exact) mass is 303 g/mol. The molecular weight excluding hydrogens is 286 g/mol. The molecule has 114 valence electrons. The Morgan fingerprint density at radius 2 is 1.78 bits per heavy atom. The highest BCUT2D eigenvalue weighted by atomic mass is 16.1. The molecule has 4 nitrogen and oxygen atoms in total. The fourth-order valence-electron chi connectivity index (χ4n) is 3.04. The topological polar surface area (TPSA) is 39.3 Å². The minimum absolute atomic E-state index is 0.0668. The zero-order valence-electron chi connectivity index (χ0n) is 13.2. The summed E-state index contributed by atoms with van der Waals surface area (Å²) in [5.74, 6) is 0. The van der Waals surface area contributed by atoms with E-state index in [2.05, 4.69) is 24.2 Å². The molecule has 0 spiro atoms. The Labute approximate surface area is 133 Å². The van der Waals surface area contributed by atoms with E-state index in [-0.39, 0.29) is 5.56 Å². The highest BCUT2D eigenvalue weighted by molar-refractivity contribution is 5.87. The number of hydrogen-bond donors (Lipinski definition) is 0. The molecule has 2 aromatic carbocycles. The van der Waals surface area contributed by atoms with Gasteiger partial charge in [-0.15, -0.1) is 0 Å². The van der Waals surface area contributed by atoms with Gasteiger partial charge in [0.1, 0.15) is 11.8 Å². The van der Waals surface area contributed by atoms with E-state index in [1.807, 2.05) is 47.7 Å². The average Bonchev–Trinajstić information content (AvgIpc) is 2.88. The van der Waals surface area contributed by atoms with Crippen LogP contribution in [0, 0.1) is 13.8 Å². The van der Waals surface area contributed by atoms with Gasteiger partial charge >= 0.3 is 0 Å². The second kappa shape index (κ2) is 5.09.